The molecule has 3 amide bonds. The van der Waals surface area contributed by atoms with E-state index in [1.165, 1.54) is 0 Å². The molecule has 3 aliphatic heterocycles. The Kier molecular flexibility index (Phi) is 11.0. The highest BCUT2D eigenvalue weighted by molar-refractivity contribution is 5.99. The van der Waals surface area contributed by atoms with Crippen molar-refractivity contribution in [1.29, 1.82) is 0 Å². The number of aliphatic hydroxyl groups is 1. The SMILES string of the molecule is C=CCN(CCCCC)C(=O)C1N([C@@H](CO)Cc2ccccc2)C(=O)[C@@H]2[C@H](C(=O)N(CC=C)Cc3ccccc3)[C@]3(CC)CCC12O3. The van der Waals surface area contributed by atoms with E-state index in [0.717, 1.165) is 30.4 Å². The van der Waals surface area contributed by atoms with Gasteiger partial charge in [0.1, 0.15) is 11.6 Å². The van der Waals surface area contributed by atoms with Gasteiger partial charge >= 0.3 is 0 Å². The highest BCUT2D eigenvalue weighted by Crippen LogP contribution is 2.65. The lowest BCUT2D eigenvalue weighted by Gasteiger charge is -2.39. The number of aliphatic hydroxyl groups excluding tert-OH is 1. The lowest BCUT2D eigenvalue weighted by molar-refractivity contribution is -0.158. The minimum atomic E-state index is -1.18. The van der Waals surface area contributed by atoms with Crippen LogP contribution in [0.15, 0.2) is 86.0 Å². The van der Waals surface area contributed by atoms with Gasteiger partial charge in [0.25, 0.3) is 0 Å². The first-order chi connectivity index (χ1) is 22.8. The fourth-order valence-corrected chi connectivity index (χ4v) is 8.40. The number of benzene rings is 2. The largest absolute Gasteiger partial charge is 0.394 e. The molecule has 8 nitrogen and oxygen atoms in total. The molecule has 2 aromatic rings. The van der Waals surface area contributed by atoms with Crippen molar-refractivity contribution in [3.63, 3.8) is 0 Å². The molecule has 0 aliphatic carbocycles. The number of rotatable bonds is 17. The van der Waals surface area contributed by atoms with E-state index in [2.05, 4.69) is 20.1 Å². The third-order valence-electron chi connectivity index (χ3n) is 10.6. The maximum Gasteiger partial charge on any atom is 0.248 e. The first kappa shape index (κ1) is 34.6. The molecule has 0 saturated carbocycles. The van der Waals surface area contributed by atoms with Crippen molar-refractivity contribution in [1.82, 2.24) is 14.7 Å². The van der Waals surface area contributed by atoms with Gasteiger partial charge in [-0.25, -0.2) is 0 Å². The number of hydrogen-bond donors (Lipinski definition) is 1. The van der Waals surface area contributed by atoms with Crippen LogP contribution in [0.25, 0.3) is 0 Å². The topological polar surface area (TPSA) is 90.4 Å². The van der Waals surface area contributed by atoms with Crippen LogP contribution < -0.4 is 0 Å². The molecule has 0 aromatic heterocycles. The molecule has 3 saturated heterocycles. The van der Waals surface area contributed by atoms with Gasteiger partial charge in [-0.05, 0) is 43.2 Å². The van der Waals surface area contributed by atoms with Gasteiger partial charge in [-0.2, -0.15) is 0 Å². The lowest BCUT2D eigenvalue weighted by atomic mass is 9.64. The number of carbonyl (C=O) groups is 3. The quantitative estimate of drug-likeness (QED) is 0.190. The molecule has 3 aliphatic rings. The average Bonchev–Trinajstić information content (AvgIpc) is 3.70. The second-order valence-electron chi connectivity index (χ2n) is 13.4. The molecule has 1 N–H and O–H groups in total. The summed E-state index contributed by atoms with van der Waals surface area (Å²) in [5, 5.41) is 10.8. The van der Waals surface area contributed by atoms with E-state index in [4.69, 9.17) is 4.74 Å². The maximum atomic E-state index is 15.0. The predicted molar refractivity (Wildman–Crippen MR) is 183 cm³/mol. The van der Waals surface area contributed by atoms with E-state index in [0.29, 0.717) is 51.9 Å². The third-order valence-corrected chi connectivity index (χ3v) is 10.6. The Morgan fingerprint density at radius 1 is 0.957 bits per heavy atom. The molecule has 2 aromatic carbocycles. The number of unbranched alkanes of at least 4 members (excludes halogenated alkanes) is 2. The second kappa shape index (κ2) is 15.0. The Hall–Kier alpha value is -3.75. The van der Waals surface area contributed by atoms with Crippen molar-refractivity contribution >= 4 is 17.7 Å². The summed E-state index contributed by atoms with van der Waals surface area (Å²) in [6, 6.07) is 17.9. The number of fused-ring (bicyclic) bond motifs is 1. The highest BCUT2D eigenvalue weighted by atomic mass is 16.5. The zero-order valence-electron chi connectivity index (χ0n) is 28.1. The number of carbonyl (C=O) groups excluding carboxylic acids is 3. The fraction of sp³-hybridized carbons (Fsp3) is 0.513. The number of amides is 3. The minimum absolute atomic E-state index is 0.155. The normalized spacial score (nSPS) is 26.6. The van der Waals surface area contributed by atoms with Crippen molar-refractivity contribution in [3.8, 4) is 0 Å². The van der Waals surface area contributed by atoms with Gasteiger partial charge in [0.15, 0.2) is 0 Å². The first-order valence-electron chi connectivity index (χ1n) is 17.3. The van der Waals surface area contributed by atoms with Crippen molar-refractivity contribution in [2.75, 3.05) is 26.2 Å². The standard InChI is InChI=1S/C39H51N3O5/c1-5-9-16-25-40(23-6-2)37(46)34-39-22-21-38(8-4,47-39)32(35(44)41(24-7-3)27-30-19-14-11-15-20-30)33(39)36(45)42(34)31(28-43)26-29-17-12-10-13-18-29/h6-7,10-15,17-20,31-34,43H,2-3,5,8-9,16,21-28H2,1,4H3/t31-,32-,33+,34?,38+,39?/m1/s1. The molecule has 252 valence electrons. The highest BCUT2D eigenvalue weighted by Gasteiger charge is 2.79. The van der Waals surface area contributed by atoms with E-state index in [1.807, 2.05) is 67.6 Å². The van der Waals surface area contributed by atoms with Gasteiger partial charge in [0, 0.05) is 26.2 Å². The summed E-state index contributed by atoms with van der Waals surface area (Å²) in [6.07, 6.45) is 8.24. The Balaban J connectivity index is 1.59. The van der Waals surface area contributed by atoms with Crippen LogP contribution in [-0.4, -0.2) is 87.1 Å². The Morgan fingerprint density at radius 3 is 2.19 bits per heavy atom. The van der Waals surface area contributed by atoms with E-state index in [1.54, 1.807) is 26.9 Å². The molecule has 3 fully saturated rings. The van der Waals surface area contributed by atoms with Crippen LogP contribution in [0.4, 0.5) is 0 Å². The Morgan fingerprint density at radius 2 is 1.60 bits per heavy atom. The molecule has 5 rings (SSSR count). The molecule has 0 radical (unpaired) electrons. The molecule has 6 atom stereocenters. The van der Waals surface area contributed by atoms with E-state index < -0.39 is 35.1 Å². The predicted octanol–water partition coefficient (Wildman–Crippen LogP) is 5.16. The molecule has 3 heterocycles. The van der Waals surface area contributed by atoms with Gasteiger partial charge in [-0.15, -0.1) is 13.2 Å². The van der Waals surface area contributed by atoms with Crippen LogP contribution in [0.2, 0.25) is 0 Å². The summed E-state index contributed by atoms with van der Waals surface area (Å²) in [7, 11) is 0. The summed E-state index contributed by atoms with van der Waals surface area (Å²) < 4.78 is 7.08. The van der Waals surface area contributed by atoms with Crippen LogP contribution in [0.5, 0.6) is 0 Å². The van der Waals surface area contributed by atoms with Crippen molar-refractivity contribution < 1.29 is 24.2 Å². The zero-order chi connectivity index (χ0) is 33.6. The molecule has 47 heavy (non-hydrogen) atoms. The van der Waals surface area contributed by atoms with Crippen LogP contribution >= 0.6 is 0 Å². The van der Waals surface area contributed by atoms with Crippen molar-refractivity contribution in [3.05, 3.63) is 97.1 Å². The fourth-order valence-electron chi connectivity index (χ4n) is 8.40. The molecular weight excluding hydrogens is 590 g/mol. The zero-order valence-corrected chi connectivity index (χ0v) is 28.1. The van der Waals surface area contributed by atoms with Gasteiger partial charge in [-0.3, -0.25) is 14.4 Å². The number of nitrogens with zero attached hydrogens (tertiary/aromatic N) is 3. The number of likely N-dealkylation sites (tertiary alicyclic amines) is 1. The van der Waals surface area contributed by atoms with Crippen LogP contribution in [0.1, 0.15) is 63.5 Å². The smallest absolute Gasteiger partial charge is 0.248 e. The first-order valence-corrected chi connectivity index (χ1v) is 17.3. The lowest BCUT2D eigenvalue weighted by Crippen LogP contribution is -2.59. The summed E-state index contributed by atoms with van der Waals surface area (Å²) in [5.41, 5.74) is -0.105. The van der Waals surface area contributed by atoms with Gasteiger partial charge < -0.3 is 24.5 Å². The third kappa shape index (κ3) is 6.42. The number of hydrogen-bond acceptors (Lipinski definition) is 5. The van der Waals surface area contributed by atoms with E-state index in [-0.39, 0.29) is 24.3 Å². The van der Waals surface area contributed by atoms with Crippen LogP contribution in [0, 0.1) is 11.8 Å². The monoisotopic (exact) mass is 641 g/mol. The molecule has 2 unspecified atom stereocenters. The van der Waals surface area contributed by atoms with Crippen LogP contribution in [-0.2, 0) is 32.1 Å². The summed E-state index contributed by atoms with van der Waals surface area (Å²) >= 11 is 0. The molecular formula is C39H51N3O5. The Labute approximate surface area is 280 Å². The molecule has 1 spiro atoms. The summed E-state index contributed by atoms with van der Waals surface area (Å²) in [4.78, 5) is 49.8. The van der Waals surface area contributed by atoms with Gasteiger partial charge in [-0.1, -0.05) is 99.5 Å². The van der Waals surface area contributed by atoms with Gasteiger partial charge in [0.2, 0.25) is 17.7 Å². The molecule has 8 heteroatoms. The minimum Gasteiger partial charge on any atom is -0.394 e. The van der Waals surface area contributed by atoms with Crippen molar-refractivity contribution in [2.24, 2.45) is 11.8 Å². The average molecular weight is 642 g/mol. The molecule has 2 bridgehead atoms. The second-order valence-corrected chi connectivity index (χ2v) is 13.4. The number of ether oxygens (including phenoxy) is 1. The maximum absolute atomic E-state index is 15.0. The summed E-state index contributed by atoms with van der Waals surface area (Å²) in [5.74, 6) is -2.24. The van der Waals surface area contributed by atoms with E-state index in [9.17, 15) is 19.5 Å². The Bertz CT molecular complexity index is 1420. The summed E-state index contributed by atoms with van der Waals surface area (Å²) in [6.45, 7) is 13.2. The van der Waals surface area contributed by atoms with Crippen molar-refractivity contribution in [2.45, 2.75) is 88.6 Å². The van der Waals surface area contributed by atoms with E-state index >= 15 is 0 Å². The van der Waals surface area contributed by atoms with Crippen LogP contribution in [0.3, 0.4) is 0 Å². The van der Waals surface area contributed by atoms with Gasteiger partial charge in [0.05, 0.1) is 30.1 Å².